The number of ether oxygens (including phenoxy) is 1. The highest BCUT2D eigenvalue weighted by molar-refractivity contribution is 7.17. The second kappa shape index (κ2) is 9.59. The first-order valence-corrected chi connectivity index (χ1v) is 10.6. The van der Waals surface area contributed by atoms with Crippen molar-refractivity contribution in [2.24, 2.45) is 0 Å². The molecule has 2 atom stereocenters. The summed E-state index contributed by atoms with van der Waals surface area (Å²) in [5, 5.41) is 7.38. The Morgan fingerprint density at radius 3 is 2.96 bits per heavy atom. The quantitative estimate of drug-likeness (QED) is 0.617. The number of thiophene rings is 1. The van der Waals surface area contributed by atoms with Crippen molar-refractivity contribution < 1.29 is 4.74 Å². The van der Waals surface area contributed by atoms with E-state index in [1.54, 1.807) is 7.11 Å². The third-order valence-electron chi connectivity index (χ3n) is 5.55. The van der Waals surface area contributed by atoms with E-state index < -0.39 is 0 Å². The molecule has 1 N–H and O–H groups in total. The molecule has 1 saturated heterocycles. The van der Waals surface area contributed by atoms with Crippen LogP contribution in [-0.4, -0.2) is 37.3 Å². The zero-order valence-corrected chi connectivity index (χ0v) is 18.1. The lowest BCUT2D eigenvalue weighted by Gasteiger charge is -2.42. The van der Waals surface area contributed by atoms with E-state index >= 15 is 0 Å². The van der Waals surface area contributed by atoms with Crippen molar-refractivity contribution in [3.05, 3.63) is 53.5 Å². The largest absolute Gasteiger partial charge is 0.493 e. The molecule has 2 unspecified atom stereocenters. The first-order chi connectivity index (χ1) is 13.3. The van der Waals surface area contributed by atoms with E-state index in [2.05, 4.69) is 51.8 Å². The average molecular weight is 418 g/mol. The van der Waals surface area contributed by atoms with E-state index in [0.717, 1.165) is 37.5 Å². The van der Waals surface area contributed by atoms with Crippen molar-refractivity contribution in [1.29, 1.82) is 0 Å². The SMILES string of the molecule is COc1cccnc1N1CCNC(C)C1CCCc1csc2ccccc12.Cl. The average Bonchev–Trinajstić information content (AvgIpc) is 3.12. The first kappa shape index (κ1) is 20.9. The molecule has 28 heavy (non-hydrogen) atoms. The maximum atomic E-state index is 5.57. The molecule has 0 bridgehead atoms. The number of nitrogens with one attached hydrogen (secondary N) is 1. The maximum absolute atomic E-state index is 5.57. The fourth-order valence-corrected chi connectivity index (χ4v) is 5.14. The number of hydrogen-bond acceptors (Lipinski definition) is 5. The Hall–Kier alpha value is -1.82. The topological polar surface area (TPSA) is 37.4 Å². The van der Waals surface area contributed by atoms with Crippen LogP contribution in [-0.2, 0) is 6.42 Å². The molecule has 150 valence electrons. The molecule has 4 nitrogen and oxygen atoms in total. The summed E-state index contributed by atoms with van der Waals surface area (Å²) in [6, 6.07) is 13.5. The molecular formula is C22H28ClN3OS. The molecule has 1 aromatic carbocycles. The fourth-order valence-electron chi connectivity index (χ4n) is 4.14. The predicted octanol–water partition coefficient (Wildman–Crippen LogP) is 4.92. The molecule has 0 amide bonds. The summed E-state index contributed by atoms with van der Waals surface area (Å²) in [5.41, 5.74) is 1.48. The van der Waals surface area contributed by atoms with Crippen LogP contribution < -0.4 is 15.0 Å². The number of anilines is 1. The molecule has 1 aliphatic rings. The Morgan fingerprint density at radius 2 is 2.11 bits per heavy atom. The van der Waals surface area contributed by atoms with Gasteiger partial charge in [0.15, 0.2) is 11.6 Å². The van der Waals surface area contributed by atoms with Crippen molar-refractivity contribution in [2.75, 3.05) is 25.1 Å². The second-order valence-corrected chi connectivity index (χ2v) is 8.09. The standard InChI is InChI=1S/C22H27N3OS.ClH/c1-16-19(9-5-7-17-15-27-21-11-4-3-8-18(17)21)25(14-13-23-16)22-20(26-2)10-6-12-24-22;/h3-4,6,8,10-12,15-16,19,23H,5,7,9,13-14H2,1-2H3;1H. The summed E-state index contributed by atoms with van der Waals surface area (Å²) >= 11 is 1.85. The van der Waals surface area contributed by atoms with Gasteiger partial charge in [-0.05, 0) is 60.7 Å². The van der Waals surface area contributed by atoms with Crippen LogP contribution >= 0.6 is 23.7 Å². The molecule has 3 aromatic rings. The number of fused-ring (bicyclic) bond motifs is 1. The zero-order chi connectivity index (χ0) is 18.6. The van der Waals surface area contributed by atoms with Crippen molar-refractivity contribution in [2.45, 2.75) is 38.3 Å². The molecule has 1 fully saturated rings. The molecule has 0 saturated carbocycles. The third kappa shape index (κ3) is 4.27. The van der Waals surface area contributed by atoms with E-state index in [4.69, 9.17) is 4.74 Å². The number of benzene rings is 1. The zero-order valence-electron chi connectivity index (χ0n) is 16.4. The first-order valence-electron chi connectivity index (χ1n) is 9.72. The number of methoxy groups -OCH3 is 1. The van der Waals surface area contributed by atoms with Gasteiger partial charge < -0.3 is 15.0 Å². The van der Waals surface area contributed by atoms with Gasteiger partial charge in [0.1, 0.15) is 0 Å². The van der Waals surface area contributed by atoms with Gasteiger partial charge in [0.25, 0.3) is 0 Å². The summed E-state index contributed by atoms with van der Waals surface area (Å²) in [6.45, 7) is 4.22. The van der Waals surface area contributed by atoms with Gasteiger partial charge in [-0.3, -0.25) is 0 Å². The van der Waals surface area contributed by atoms with Crippen molar-refractivity contribution in [3.8, 4) is 5.75 Å². The van der Waals surface area contributed by atoms with E-state index in [1.165, 1.54) is 22.1 Å². The maximum Gasteiger partial charge on any atom is 0.171 e. The summed E-state index contributed by atoms with van der Waals surface area (Å²) in [5.74, 6) is 1.83. The van der Waals surface area contributed by atoms with Crippen LogP contribution in [0.3, 0.4) is 0 Å². The predicted molar refractivity (Wildman–Crippen MR) is 121 cm³/mol. The number of hydrogen-bond donors (Lipinski definition) is 1. The van der Waals surface area contributed by atoms with Gasteiger partial charge in [0.05, 0.1) is 7.11 Å². The Kier molecular flexibility index (Phi) is 7.16. The lowest BCUT2D eigenvalue weighted by atomic mass is 9.97. The number of aromatic nitrogens is 1. The van der Waals surface area contributed by atoms with E-state index in [0.29, 0.717) is 12.1 Å². The molecule has 0 aliphatic carbocycles. The Labute approximate surface area is 177 Å². The van der Waals surface area contributed by atoms with Crippen LogP contribution in [0.15, 0.2) is 48.0 Å². The van der Waals surface area contributed by atoms with Crippen LogP contribution in [0.25, 0.3) is 10.1 Å². The lowest BCUT2D eigenvalue weighted by molar-refractivity contribution is 0.352. The normalized spacial score (nSPS) is 19.4. The minimum absolute atomic E-state index is 0. The van der Waals surface area contributed by atoms with Gasteiger partial charge >= 0.3 is 0 Å². The van der Waals surface area contributed by atoms with Crippen LogP contribution in [0.5, 0.6) is 5.75 Å². The molecule has 6 heteroatoms. The number of rotatable bonds is 6. The minimum atomic E-state index is 0. The highest BCUT2D eigenvalue weighted by atomic mass is 35.5. The van der Waals surface area contributed by atoms with Gasteiger partial charge in [0.2, 0.25) is 0 Å². The van der Waals surface area contributed by atoms with Crippen LogP contribution in [0.1, 0.15) is 25.3 Å². The molecule has 0 spiro atoms. The summed E-state index contributed by atoms with van der Waals surface area (Å²) in [4.78, 5) is 7.07. The highest BCUT2D eigenvalue weighted by Crippen LogP contribution is 2.31. The molecule has 0 radical (unpaired) electrons. The van der Waals surface area contributed by atoms with Crippen LogP contribution in [0.2, 0.25) is 0 Å². The summed E-state index contributed by atoms with van der Waals surface area (Å²) in [7, 11) is 1.73. The Morgan fingerprint density at radius 1 is 1.25 bits per heavy atom. The number of piperazine rings is 1. The van der Waals surface area contributed by atoms with E-state index in [9.17, 15) is 0 Å². The number of aryl methyl sites for hydroxylation is 1. The molecule has 3 heterocycles. The summed E-state index contributed by atoms with van der Waals surface area (Å²) < 4.78 is 6.96. The number of pyridine rings is 1. The summed E-state index contributed by atoms with van der Waals surface area (Å²) in [6.07, 6.45) is 5.29. The molecule has 2 aromatic heterocycles. The van der Waals surface area contributed by atoms with Crippen molar-refractivity contribution in [1.82, 2.24) is 10.3 Å². The van der Waals surface area contributed by atoms with E-state index in [1.807, 2.05) is 29.7 Å². The van der Waals surface area contributed by atoms with Gasteiger partial charge in [-0.25, -0.2) is 4.98 Å². The fraction of sp³-hybridized carbons (Fsp3) is 0.409. The van der Waals surface area contributed by atoms with Gasteiger partial charge in [-0.15, -0.1) is 23.7 Å². The second-order valence-electron chi connectivity index (χ2n) is 7.18. The lowest BCUT2D eigenvalue weighted by Crippen LogP contribution is -2.57. The number of nitrogens with zero attached hydrogens (tertiary/aromatic N) is 2. The highest BCUT2D eigenvalue weighted by Gasteiger charge is 2.30. The van der Waals surface area contributed by atoms with E-state index in [-0.39, 0.29) is 12.4 Å². The molecule has 4 rings (SSSR count). The minimum Gasteiger partial charge on any atom is -0.493 e. The van der Waals surface area contributed by atoms with Crippen molar-refractivity contribution in [3.63, 3.8) is 0 Å². The van der Waals surface area contributed by atoms with Gasteiger partial charge in [-0.2, -0.15) is 0 Å². The number of halogens is 1. The third-order valence-corrected chi connectivity index (χ3v) is 6.56. The molecule has 1 aliphatic heterocycles. The molecular weight excluding hydrogens is 390 g/mol. The van der Waals surface area contributed by atoms with Crippen molar-refractivity contribution >= 4 is 39.6 Å². The Balaban J connectivity index is 0.00000225. The smallest absolute Gasteiger partial charge is 0.171 e. The van der Waals surface area contributed by atoms with Gasteiger partial charge in [-0.1, -0.05) is 18.2 Å². The van der Waals surface area contributed by atoms with Gasteiger partial charge in [0, 0.05) is 36.1 Å². The Bertz CT molecular complexity index is 900. The monoisotopic (exact) mass is 417 g/mol. The van der Waals surface area contributed by atoms with Crippen LogP contribution in [0, 0.1) is 0 Å². The van der Waals surface area contributed by atoms with Crippen LogP contribution in [0.4, 0.5) is 5.82 Å².